The third-order valence-corrected chi connectivity index (χ3v) is 3.85. The zero-order valence-electron chi connectivity index (χ0n) is 11.9. The summed E-state index contributed by atoms with van der Waals surface area (Å²) in [6.45, 7) is 3.43. The summed E-state index contributed by atoms with van der Waals surface area (Å²) >= 11 is 0. The van der Waals surface area contributed by atoms with E-state index in [1.165, 1.54) is 6.42 Å². The molecule has 19 heavy (non-hydrogen) atoms. The van der Waals surface area contributed by atoms with Crippen LogP contribution in [0.1, 0.15) is 48.7 Å². The van der Waals surface area contributed by atoms with Crippen molar-refractivity contribution >= 4 is 5.91 Å². The topological polar surface area (TPSA) is 64.2 Å². The van der Waals surface area contributed by atoms with Crippen molar-refractivity contribution in [3.05, 3.63) is 17.5 Å². The summed E-state index contributed by atoms with van der Waals surface area (Å²) in [6, 6.07) is 0.406. The molecule has 1 amide bonds. The molecule has 5 heteroatoms. The predicted octanol–water partition coefficient (Wildman–Crippen LogP) is 1.33. The van der Waals surface area contributed by atoms with E-state index in [1.807, 2.05) is 25.1 Å². The van der Waals surface area contributed by atoms with E-state index in [9.17, 15) is 4.79 Å². The van der Waals surface area contributed by atoms with Gasteiger partial charge in [-0.2, -0.15) is 5.10 Å². The maximum absolute atomic E-state index is 12.7. The lowest BCUT2D eigenvalue weighted by atomic mass is 9.90. The molecule has 0 saturated heterocycles. The highest BCUT2D eigenvalue weighted by atomic mass is 16.2. The second kappa shape index (κ2) is 6.19. The summed E-state index contributed by atoms with van der Waals surface area (Å²) < 4.78 is 1.73. The summed E-state index contributed by atoms with van der Waals surface area (Å²) in [4.78, 5) is 14.7. The SMILES string of the molecule is CCc1nn(C)cc1C(=O)N(CCCN)C1CCC1. The van der Waals surface area contributed by atoms with Crippen LogP contribution in [0.2, 0.25) is 0 Å². The number of rotatable bonds is 6. The molecule has 0 spiro atoms. The van der Waals surface area contributed by atoms with Crippen LogP contribution in [0.25, 0.3) is 0 Å². The average Bonchev–Trinajstić information content (AvgIpc) is 2.72. The van der Waals surface area contributed by atoms with Gasteiger partial charge in [-0.3, -0.25) is 9.48 Å². The Hall–Kier alpha value is -1.36. The van der Waals surface area contributed by atoms with E-state index in [2.05, 4.69) is 5.10 Å². The van der Waals surface area contributed by atoms with Crippen molar-refractivity contribution in [1.82, 2.24) is 14.7 Å². The molecule has 0 atom stereocenters. The van der Waals surface area contributed by atoms with Gasteiger partial charge in [0.05, 0.1) is 11.3 Å². The minimum absolute atomic E-state index is 0.128. The van der Waals surface area contributed by atoms with Crippen LogP contribution in [-0.2, 0) is 13.5 Å². The smallest absolute Gasteiger partial charge is 0.257 e. The number of aromatic nitrogens is 2. The third kappa shape index (κ3) is 2.97. The van der Waals surface area contributed by atoms with Crippen molar-refractivity contribution in [2.24, 2.45) is 12.8 Å². The van der Waals surface area contributed by atoms with Crippen LogP contribution in [-0.4, -0.2) is 39.7 Å². The number of carbonyl (C=O) groups excluding carboxylic acids is 1. The molecular weight excluding hydrogens is 240 g/mol. The molecule has 0 unspecified atom stereocenters. The predicted molar refractivity (Wildman–Crippen MR) is 74.9 cm³/mol. The van der Waals surface area contributed by atoms with Gasteiger partial charge in [0.1, 0.15) is 0 Å². The van der Waals surface area contributed by atoms with Gasteiger partial charge in [0.15, 0.2) is 0 Å². The Kier molecular flexibility index (Phi) is 4.58. The van der Waals surface area contributed by atoms with Gasteiger partial charge in [0.2, 0.25) is 0 Å². The Bertz CT molecular complexity index is 437. The molecule has 1 aliphatic carbocycles. The van der Waals surface area contributed by atoms with Crippen molar-refractivity contribution in [3.63, 3.8) is 0 Å². The highest BCUT2D eigenvalue weighted by Gasteiger charge is 2.30. The molecule has 0 aromatic carbocycles. The molecular formula is C14H24N4O. The number of nitrogens with two attached hydrogens (primary N) is 1. The van der Waals surface area contributed by atoms with Crippen LogP contribution >= 0.6 is 0 Å². The van der Waals surface area contributed by atoms with Crippen LogP contribution in [0.4, 0.5) is 0 Å². The summed E-state index contributed by atoms with van der Waals surface area (Å²) in [6.07, 6.45) is 6.97. The Morgan fingerprint density at radius 3 is 2.84 bits per heavy atom. The second-order valence-electron chi connectivity index (χ2n) is 5.24. The van der Waals surface area contributed by atoms with Gasteiger partial charge >= 0.3 is 0 Å². The Labute approximate surface area is 114 Å². The highest BCUT2D eigenvalue weighted by Crippen LogP contribution is 2.27. The number of nitrogens with zero attached hydrogens (tertiary/aromatic N) is 3. The molecule has 1 aliphatic rings. The first-order valence-corrected chi connectivity index (χ1v) is 7.21. The van der Waals surface area contributed by atoms with Crippen molar-refractivity contribution < 1.29 is 4.79 Å². The molecule has 1 aromatic rings. The maximum atomic E-state index is 12.7. The van der Waals surface area contributed by atoms with E-state index >= 15 is 0 Å². The quantitative estimate of drug-likeness (QED) is 0.843. The molecule has 1 heterocycles. The summed E-state index contributed by atoms with van der Waals surface area (Å²) in [5, 5.41) is 4.36. The fraction of sp³-hybridized carbons (Fsp3) is 0.714. The normalized spacial score (nSPS) is 15.3. The number of carbonyl (C=O) groups is 1. The first-order valence-electron chi connectivity index (χ1n) is 7.21. The standard InChI is InChI=1S/C14H24N4O/c1-3-13-12(10-17(2)16-13)14(19)18(9-5-8-15)11-6-4-7-11/h10-11H,3-9,15H2,1-2H3. The Morgan fingerprint density at radius 2 is 2.32 bits per heavy atom. The van der Waals surface area contributed by atoms with Crippen LogP contribution in [0.3, 0.4) is 0 Å². The highest BCUT2D eigenvalue weighted by molar-refractivity contribution is 5.95. The Morgan fingerprint density at radius 1 is 1.58 bits per heavy atom. The maximum Gasteiger partial charge on any atom is 0.257 e. The first-order chi connectivity index (χ1) is 9.17. The molecule has 2 N–H and O–H groups in total. The lowest BCUT2D eigenvalue weighted by Gasteiger charge is -2.37. The lowest BCUT2D eigenvalue weighted by Crippen LogP contribution is -2.45. The summed E-state index contributed by atoms with van der Waals surface area (Å²) in [5.74, 6) is 0.128. The van der Waals surface area contributed by atoms with E-state index < -0.39 is 0 Å². The van der Waals surface area contributed by atoms with Gasteiger partial charge < -0.3 is 10.6 Å². The zero-order chi connectivity index (χ0) is 13.8. The van der Waals surface area contributed by atoms with Crippen LogP contribution in [0.5, 0.6) is 0 Å². The number of amides is 1. The van der Waals surface area contributed by atoms with Crippen molar-refractivity contribution in [2.75, 3.05) is 13.1 Å². The minimum Gasteiger partial charge on any atom is -0.336 e. The molecule has 5 nitrogen and oxygen atoms in total. The van der Waals surface area contributed by atoms with E-state index in [0.29, 0.717) is 12.6 Å². The van der Waals surface area contributed by atoms with E-state index in [0.717, 1.165) is 43.5 Å². The van der Waals surface area contributed by atoms with E-state index in [4.69, 9.17) is 5.73 Å². The first kappa shape index (κ1) is 14.1. The van der Waals surface area contributed by atoms with Gasteiger partial charge in [0, 0.05) is 25.8 Å². The van der Waals surface area contributed by atoms with Gasteiger partial charge in [-0.05, 0) is 38.6 Å². The molecule has 106 valence electrons. The van der Waals surface area contributed by atoms with Crippen molar-refractivity contribution in [3.8, 4) is 0 Å². The molecule has 1 aromatic heterocycles. The average molecular weight is 264 g/mol. The van der Waals surface area contributed by atoms with Crippen LogP contribution in [0.15, 0.2) is 6.20 Å². The fourth-order valence-electron chi connectivity index (χ4n) is 2.54. The Balaban J connectivity index is 2.17. The monoisotopic (exact) mass is 264 g/mol. The number of hydrogen-bond acceptors (Lipinski definition) is 3. The zero-order valence-corrected chi connectivity index (χ0v) is 11.9. The van der Waals surface area contributed by atoms with Crippen molar-refractivity contribution in [1.29, 1.82) is 0 Å². The van der Waals surface area contributed by atoms with Gasteiger partial charge in [0.25, 0.3) is 5.91 Å². The third-order valence-electron chi connectivity index (χ3n) is 3.85. The number of aryl methyl sites for hydroxylation is 2. The molecule has 0 aliphatic heterocycles. The van der Waals surface area contributed by atoms with Crippen LogP contribution in [0, 0.1) is 0 Å². The van der Waals surface area contributed by atoms with Gasteiger partial charge in [-0.1, -0.05) is 6.92 Å². The largest absolute Gasteiger partial charge is 0.336 e. The lowest BCUT2D eigenvalue weighted by molar-refractivity contribution is 0.0577. The molecule has 2 rings (SSSR count). The molecule has 0 bridgehead atoms. The minimum atomic E-state index is 0.128. The second-order valence-corrected chi connectivity index (χ2v) is 5.24. The van der Waals surface area contributed by atoms with E-state index in [-0.39, 0.29) is 5.91 Å². The van der Waals surface area contributed by atoms with Gasteiger partial charge in [-0.15, -0.1) is 0 Å². The van der Waals surface area contributed by atoms with Gasteiger partial charge in [-0.25, -0.2) is 0 Å². The van der Waals surface area contributed by atoms with E-state index in [1.54, 1.807) is 4.68 Å². The molecule has 1 saturated carbocycles. The van der Waals surface area contributed by atoms with Crippen LogP contribution < -0.4 is 5.73 Å². The summed E-state index contributed by atoms with van der Waals surface area (Å²) in [7, 11) is 1.86. The van der Waals surface area contributed by atoms with Crippen molar-refractivity contribution in [2.45, 2.75) is 45.1 Å². The summed E-state index contributed by atoms with van der Waals surface area (Å²) in [5.41, 5.74) is 7.23. The number of hydrogen-bond donors (Lipinski definition) is 1. The molecule has 1 fully saturated rings. The molecule has 0 radical (unpaired) electrons. The fourth-order valence-corrected chi connectivity index (χ4v) is 2.54.